The predicted molar refractivity (Wildman–Crippen MR) is 136 cm³/mol. The monoisotopic (exact) mass is 535 g/mol. The standard InChI is InChI=1S/C25H28Cl2FN5O3/c1-25(36-12-14-11-33-8-4-3-5-19(33)24(34)31-14)10-18-15(9-20(25)35-2)23(30-13-29-18)32-17-7-6-16(26)21(27)22(17)28/h6-7,9,13-14,19H,3-5,8,10-12H2,1-2H3,(H,31,34)(H,29,30,32)/t14-,19+,25?/m0/s1. The number of ether oxygens (including phenoxy) is 2. The van der Waals surface area contributed by atoms with Crippen molar-refractivity contribution in [3.8, 4) is 0 Å². The second kappa shape index (κ2) is 10.1. The fourth-order valence-corrected chi connectivity index (χ4v) is 5.48. The summed E-state index contributed by atoms with van der Waals surface area (Å²) >= 11 is 11.9. The highest BCUT2D eigenvalue weighted by Gasteiger charge is 2.40. The number of amides is 1. The number of rotatable bonds is 6. The summed E-state index contributed by atoms with van der Waals surface area (Å²) in [6.07, 6.45) is 6.75. The molecule has 0 saturated carbocycles. The first kappa shape index (κ1) is 25.2. The number of carbonyl (C=O) groups is 1. The summed E-state index contributed by atoms with van der Waals surface area (Å²) in [7, 11) is 1.58. The van der Waals surface area contributed by atoms with E-state index < -0.39 is 11.4 Å². The lowest BCUT2D eigenvalue weighted by molar-refractivity contribution is -0.135. The van der Waals surface area contributed by atoms with Crippen LogP contribution in [0.5, 0.6) is 0 Å². The molecule has 0 radical (unpaired) electrons. The lowest BCUT2D eigenvalue weighted by atomic mass is 9.88. The van der Waals surface area contributed by atoms with E-state index in [-0.39, 0.29) is 33.7 Å². The Hall–Kier alpha value is -2.46. The SMILES string of the molecule is COC1=Cc2c(ncnc2Nc2ccc(Cl)c(Cl)c2F)CC1(C)OC[C@@H]1CN2CCCC[C@@H]2C(=O)N1. The number of fused-ring (bicyclic) bond motifs is 2. The first-order chi connectivity index (χ1) is 17.3. The van der Waals surface area contributed by atoms with E-state index in [1.54, 1.807) is 13.2 Å². The maximum Gasteiger partial charge on any atom is 0.237 e. The minimum absolute atomic E-state index is 0.0236. The van der Waals surface area contributed by atoms with Crippen molar-refractivity contribution in [2.45, 2.75) is 50.3 Å². The number of aromatic nitrogens is 2. The van der Waals surface area contributed by atoms with E-state index >= 15 is 0 Å². The third kappa shape index (κ3) is 4.77. The van der Waals surface area contributed by atoms with Gasteiger partial charge in [-0.05, 0) is 44.5 Å². The number of piperidine rings is 1. The summed E-state index contributed by atoms with van der Waals surface area (Å²) in [5.74, 6) is 0.404. The van der Waals surface area contributed by atoms with Crippen molar-refractivity contribution in [3.63, 3.8) is 0 Å². The molecule has 1 aromatic heterocycles. The number of benzene rings is 1. The Labute approximate surface area is 219 Å². The average molecular weight is 536 g/mol. The summed E-state index contributed by atoms with van der Waals surface area (Å²) in [5, 5.41) is 6.08. The fraction of sp³-hybridized carbons (Fsp3) is 0.480. The van der Waals surface area contributed by atoms with Crippen LogP contribution in [0.1, 0.15) is 37.4 Å². The van der Waals surface area contributed by atoms with Crippen molar-refractivity contribution in [3.05, 3.63) is 51.3 Å². The number of nitrogens with one attached hydrogen (secondary N) is 2. The minimum Gasteiger partial charge on any atom is -0.498 e. The van der Waals surface area contributed by atoms with Crippen LogP contribution in [0.2, 0.25) is 10.0 Å². The zero-order valence-electron chi connectivity index (χ0n) is 20.1. The van der Waals surface area contributed by atoms with Gasteiger partial charge in [0.05, 0.1) is 47.2 Å². The Morgan fingerprint density at radius 1 is 1.31 bits per heavy atom. The Bertz CT molecular complexity index is 1210. The van der Waals surface area contributed by atoms with Crippen molar-refractivity contribution in [2.75, 3.05) is 32.1 Å². The van der Waals surface area contributed by atoms with E-state index in [2.05, 4.69) is 25.5 Å². The molecule has 0 spiro atoms. The van der Waals surface area contributed by atoms with E-state index in [0.717, 1.165) is 38.0 Å². The Morgan fingerprint density at radius 3 is 2.94 bits per heavy atom. The second-order valence-corrected chi connectivity index (χ2v) is 10.4. The quantitative estimate of drug-likeness (QED) is 0.532. The molecule has 3 heterocycles. The zero-order valence-corrected chi connectivity index (χ0v) is 21.6. The van der Waals surface area contributed by atoms with Crippen LogP contribution in [-0.2, 0) is 20.7 Å². The van der Waals surface area contributed by atoms with Gasteiger partial charge in [-0.15, -0.1) is 0 Å². The smallest absolute Gasteiger partial charge is 0.237 e. The minimum atomic E-state index is -0.800. The number of hydrogen-bond acceptors (Lipinski definition) is 7. The van der Waals surface area contributed by atoms with Gasteiger partial charge >= 0.3 is 0 Å². The maximum absolute atomic E-state index is 14.6. The summed E-state index contributed by atoms with van der Waals surface area (Å²) in [6, 6.07) is 2.88. The van der Waals surface area contributed by atoms with Gasteiger partial charge in [0.1, 0.15) is 23.5 Å². The van der Waals surface area contributed by atoms with E-state index in [0.29, 0.717) is 30.2 Å². The van der Waals surface area contributed by atoms with Crippen LogP contribution in [0.3, 0.4) is 0 Å². The van der Waals surface area contributed by atoms with Crippen LogP contribution in [0, 0.1) is 5.82 Å². The summed E-state index contributed by atoms with van der Waals surface area (Å²) in [4.78, 5) is 23.6. The highest BCUT2D eigenvalue weighted by Crippen LogP contribution is 2.38. The number of hydrogen-bond donors (Lipinski definition) is 2. The van der Waals surface area contributed by atoms with E-state index in [1.807, 2.05) is 6.92 Å². The Balaban J connectivity index is 1.34. The third-order valence-corrected chi connectivity index (χ3v) is 7.88. The molecule has 2 saturated heterocycles. The molecule has 3 aliphatic rings. The molecule has 1 aliphatic carbocycles. The molecule has 36 heavy (non-hydrogen) atoms. The molecule has 5 rings (SSSR count). The molecular formula is C25H28Cl2FN5O3. The van der Waals surface area contributed by atoms with E-state index in [4.69, 9.17) is 32.7 Å². The first-order valence-corrected chi connectivity index (χ1v) is 12.7. The molecule has 0 bridgehead atoms. The van der Waals surface area contributed by atoms with Gasteiger partial charge in [0.25, 0.3) is 0 Å². The highest BCUT2D eigenvalue weighted by molar-refractivity contribution is 6.42. The normalized spacial score (nSPS) is 25.9. The zero-order chi connectivity index (χ0) is 25.4. The molecule has 1 aromatic carbocycles. The van der Waals surface area contributed by atoms with Crippen molar-refractivity contribution in [1.29, 1.82) is 0 Å². The van der Waals surface area contributed by atoms with Crippen LogP contribution >= 0.6 is 23.2 Å². The average Bonchev–Trinajstić information content (AvgIpc) is 2.87. The lowest BCUT2D eigenvalue weighted by Gasteiger charge is -2.43. The summed E-state index contributed by atoms with van der Waals surface area (Å²) in [5.41, 5.74) is 0.737. The lowest BCUT2D eigenvalue weighted by Crippen LogP contribution is -2.62. The molecule has 11 heteroatoms. The maximum atomic E-state index is 14.6. The Kier molecular flexibility index (Phi) is 7.09. The molecular weight excluding hydrogens is 508 g/mol. The van der Waals surface area contributed by atoms with Gasteiger partial charge in [-0.1, -0.05) is 29.6 Å². The van der Waals surface area contributed by atoms with Crippen LogP contribution in [0.25, 0.3) is 6.08 Å². The van der Waals surface area contributed by atoms with Gasteiger partial charge in [0, 0.05) is 18.5 Å². The van der Waals surface area contributed by atoms with Gasteiger partial charge in [0.2, 0.25) is 5.91 Å². The molecule has 192 valence electrons. The first-order valence-electron chi connectivity index (χ1n) is 12.0. The van der Waals surface area contributed by atoms with Crippen LogP contribution in [-0.4, -0.2) is 65.3 Å². The summed E-state index contributed by atoms with van der Waals surface area (Å²) < 4.78 is 26.8. The van der Waals surface area contributed by atoms with Gasteiger partial charge < -0.3 is 20.1 Å². The van der Waals surface area contributed by atoms with Gasteiger partial charge in [0.15, 0.2) is 5.82 Å². The molecule has 1 unspecified atom stereocenters. The molecule has 1 amide bonds. The predicted octanol–water partition coefficient (Wildman–Crippen LogP) is 4.34. The number of nitrogens with zero attached hydrogens (tertiary/aromatic N) is 3. The number of anilines is 2. The molecule has 2 aliphatic heterocycles. The largest absolute Gasteiger partial charge is 0.498 e. The highest BCUT2D eigenvalue weighted by atomic mass is 35.5. The van der Waals surface area contributed by atoms with Crippen LogP contribution in [0.4, 0.5) is 15.9 Å². The van der Waals surface area contributed by atoms with Gasteiger partial charge in [-0.3, -0.25) is 9.69 Å². The number of carbonyl (C=O) groups excluding carboxylic acids is 1. The topological polar surface area (TPSA) is 88.6 Å². The van der Waals surface area contributed by atoms with E-state index in [9.17, 15) is 9.18 Å². The second-order valence-electron chi connectivity index (χ2n) is 9.57. The number of piperazine rings is 1. The van der Waals surface area contributed by atoms with Crippen LogP contribution in [0.15, 0.2) is 24.2 Å². The van der Waals surface area contributed by atoms with Gasteiger partial charge in [-0.25, -0.2) is 14.4 Å². The molecule has 2 fully saturated rings. The molecule has 3 atom stereocenters. The summed E-state index contributed by atoms with van der Waals surface area (Å²) in [6.45, 7) is 3.98. The van der Waals surface area contributed by atoms with Gasteiger partial charge in [-0.2, -0.15) is 0 Å². The molecule has 2 aromatic rings. The van der Waals surface area contributed by atoms with Crippen molar-refractivity contribution in [1.82, 2.24) is 20.2 Å². The van der Waals surface area contributed by atoms with Crippen molar-refractivity contribution < 1.29 is 18.7 Å². The fourth-order valence-electron chi connectivity index (χ4n) is 5.17. The third-order valence-electron chi connectivity index (χ3n) is 7.10. The van der Waals surface area contributed by atoms with Crippen LogP contribution < -0.4 is 10.6 Å². The van der Waals surface area contributed by atoms with Crippen molar-refractivity contribution in [2.24, 2.45) is 0 Å². The molecule has 2 N–H and O–H groups in total. The number of methoxy groups -OCH3 is 1. The Morgan fingerprint density at radius 2 is 2.14 bits per heavy atom. The van der Waals surface area contributed by atoms with E-state index in [1.165, 1.54) is 18.5 Å². The number of halogens is 3. The molecule has 8 nitrogen and oxygen atoms in total. The van der Waals surface area contributed by atoms with Crippen molar-refractivity contribution >= 4 is 46.7 Å².